The summed E-state index contributed by atoms with van der Waals surface area (Å²) in [7, 11) is 0. The number of nitrogens with one attached hydrogen (secondary N) is 1. The van der Waals surface area contributed by atoms with E-state index in [-0.39, 0.29) is 27.8 Å². The van der Waals surface area contributed by atoms with Gasteiger partial charge in [0.15, 0.2) is 0 Å². The van der Waals surface area contributed by atoms with Gasteiger partial charge in [0.1, 0.15) is 17.1 Å². The lowest BCUT2D eigenvalue weighted by Crippen LogP contribution is -2.54. The Hall–Kier alpha value is -4.24. The first-order valence-corrected chi connectivity index (χ1v) is 10.1. The number of nitrogens with zero attached hydrogens (tertiary/aromatic N) is 2. The van der Waals surface area contributed by atoms with Crippen molar-refractivity contribution in [3.63, 3.8) is 0 Å². The zero-order valence-corrected chi connectivity index (χ0v) is 18.2. The van der Waals surface area contributed by atoms with E-state index in [0.717, 1.165) is 16.0 Å². The molecular weight excluding hydrogens is 450 g/mol. The summed E-state index contributed by atoms with van der Waals surface area (Å²) in [5, 5.41) is 13.2. The van der Waals surface area contributed by atoms with Crippen LogP contribution in [0.25, 0.3) is 17.4 Å². The number of carbonyl (C=O) groups is 3. The maximum absolute atomic E-state index is 13.0. The summed E-state index contributed by atoms with van der Waals surface area (Å²) in [5.74, 6) is -1.20. The molecule has 9 nitrogen and oxygen atoms in total. The third-order valence-electron chi connectivity index (χ3n) is 5.19. The van der Waals surface area contributed by atoms with Crippen molar-refractivity contribution in [2.75, 3.05) is 4.90 Å². The lowest BCUT2D eigenvalue weighted by Gasteiger charge is -2.26. The van der Waals surface area contributed by atoms with E-state index in [4.69, 9.17) is 16.0 Å². The molecule has 0 bridgehead atoms. The Morgan fingerprint density at radius 3 is 2.45 bits per heavy atom. The van der Waals surface area contributed by atoms with E-state index in [1.54, 1.807) is 24.3 Å². The van der Waals surface area contributed by atoms with Gasteiger partial charge in [-0.1, -0.05) is 17.7 Å². The van der Waals surface area contributed by atoms with Crippen LogP contribution in [0, 0.1) is 24.0 Å². The number of non-ortho nitro benzene ring substituents is 1. The van der Waals surface area contributed by atoms with Crippen LogP contribution in [0.5, 0.6) is 0 Å². The van der Waals surface area contributed by atoms with Crippen LogP contribution in [0.1, 0.15) is 16.9 Å². The smallest absolute Gasteiger partial charge is 0.335 e. The molecule has 0 saturated carbocycles. The van der Waals surface area contributed by atoms with Crippen molar-refractivity contribution in [2.45, 2.75) is 13.8 Å². The number of nitro benzene ring substituents is 1. The van der Waals surface area contributed by atoms with Gasteiger partial charge in [0.25, 0.3) is 17.5 Å². The maximum Gasteiger partial charge on any atom is 0.335 e. The Balaban J connectivity index is 1.67. The molecule has 1 saturated heterocycles. The van der Waals surface area contributed by atoms with E-state index >= 15 is 0 Å². The second-order valence-corrected chi connectivity index (χ2v) is 7.76. The average molecular weight is 466 g/mol. The largest absolute Gasteiger partial charge is 0.457 e. The summed E-state index contributed by atoms with van der Waals surface area (Å²) >= 11 is 6.14. The summed E-state index contributed by atoms with van der Waals surface area (Å²) in [6.07, 6.45) is 1.22. The van der Waals surface area contributed by atoms with Crippen molar-refractivity contribution >= 4 is 46.9 Å². The van der Waals surface area contributed by atoms with Gasteiger partial charge in [0.2, 0.25) is 0 Å². The third-order valence-corrected chi connectivity index (χ3v) is 5.51. The van der Waals surface area contributed by atoms with Gasteiger partial charge in [-0.3, -0.25) is 25.0 Å². The predicted molar refractivity (Wildman–Crippen MR) is 121 cm³/mol. The number of nitro groups is 1. The molecule has 4 rings (SSSR count). The molecule has 4 amide bonds. The van der Waals surface area contributed by atoms with Crippen molar-refractivity contribution in [1.82, 2.24) is 5.32 Å². The lowest BCUT2D eigenvalue weighted by molar-refractivity contribution is -0.384. The van der Waals surface area contributed by atoms with E-state index in [1.165, 1.54) is 30.3 Å². The Kier molecular flexibility index (Phi) is 5.57. The van der Waals surface area contributed by atoms with Crippen molar-refractivity contribution in [3.05, 3.63) is 86.1 Å². The number of halogens is 1. The minimum atomic E-state index is -0.851. The highest BCUT2D eigenvalue weighted by Gasteiger charge is 2.37. The first-order chi connectivity index (χ1) is 15.7. The van der Waals surface area contributed by atoms with Gasteiger partial charge in [-0.2, -0.15) is 0 Å². The normalized spacial score (nSPS) is 15.2. The Bertz CT molecular complexity index is 1370. The number of aryl methyl sites for hydroxylation is 2. The number of rotatable bonds is 4. The Labute approximate surface area is 192 Å². The van der Waals surface area contributed by atoms with Crippen LogP contribution in [0.3, 0.4) is 0 Å². The molecule has 0 aliphatic carbocycles. The SMILES string of the molecule is Cc1ccc(N2C(=O)NC(=O)/C(=C\c3ccc(-c4ccc([N+](=O)[O-])cc4Cl)o3)C2=O)cc1C. The highest BCUT2D eigenvalue weighted by atomic mass is 35.5. The number of hydrogen-bond donors (Lipinski definition) is 1. The molecule has 2 heterocycles. The number of anilines is 1. The number of furan rings is 1. The van der Waals surface area contributed by atoms with Crippen LogP contribution in [0.2, 0.25) is 5.02 Å². The van der Waals surface area contributed by atoms with Crippen molar-refractivity contribution in [3.8, 4) is 11.3 Å². The van der Waals surface area contributed by atoms with Crippen molar-refractivity contribution in [1.29, 1.82) is 0 Å². The summed E-state index contributed by atoms with van der Waals surface area (Å²) in [6.45, 7) is 3.75. The molecular formula is C23H16ClN3O6. The summed E-state index contributed by atoms with van der Waals surface area (Å²) < 4.78 is 5.69. The van der Waals surface area contributed by atoms with E-state index in [1.807, 2.05) is 13.8 Å². The Morgan fingerprint density at radius 1 is 1.03 bits per heavy atom. The fourth-order valence-corrected chi connectivity index (χ4v) is 3.56. The highest BCUT2D eigenvalue weighted by Crippen LogP contribution is 2.33. The van der Waals surface area contributed by atoms with Gasteiger partial charge < -0.3 is 4.42 Å². The highest BCUT2D eigenvalue weighted by molar-refractivity contribution is 6.39. The van der Waals surface area contributed by atoms with Crippen LogP contribution in [-0.2, 0) is 9.59 Å². The fourth-order valence-electron chi connectivity index (χ4n) is 3.29. The van der Waals surface area contributed by atoms with Gasteiger partial charge in [0.05, 0.1) is 15.6 Å². The molecule has 10 heteroatoms. The molecule has 3 aromatic rings. The quantitative estimate of drug-likeness (QED) is 0.256. The molecule has 1 aromatic heterocycles. The van der Waals surface area contributed by atoms with E-state index in [2.05, 4.69) is 5.32 Å². The lowest BCUT2D eigenvalue weighted by atomic mass is 10.1. The monoisotopic (exact) mass is 465 g/mol. The first kappa shape index (κ1) is 22.0. The third kappa shape index (κ3) is 4.13. The second-order valence-electron chi connectivity index (χ2n) is 7.35. The molecule has 0 radical (unpaired) electrons. The Morgan fingerprint density at radius 2 is 1.79 bits per heavy atom. The molecule has 1 N–H and O–H groups in total. The van der Waals surface area contributed by atoms with Gasteiger partial charge in [-0.25, -0.2) is 9.69 Å². The van der Waals surface area contributed by atoms with Gasteiger partial charge >= 0.3 is 6.03 Å². The predicted octanol–water partition coefficient (Wildman–Crippen LogP) is 4.79. The molecule has 2 aromatic carbocycles. The number of carbonyl (C=O) groups excluding carboxylic acids is 3. The molecule has 33 heavy (non-hydrogen) atoms. The summed E-state index contributed by atoms with van der Waals surface area (Å²) in [4.78, 5) is 49.0. The van der Waals surface area contributed by atoms with Crippen LogP contribution >= 0.6 is 11.6 Å². The first-order valence-electron chi connectivity index (χ1n) is 9.68. The molecule has 1 aliphatic heterocycles. The molecule has 0 spiro atoms. The van der Waals surface area contributed by atoms with Crippen LogP contribution in [-0.4, -0.2) is 22.8 Å². The molecule has 166 valence electrons. The van der Waals surface area contributed by atoms with Crippen molar-refractivity contribution < 1.29 is 23.7 Å². The minimum Gasteiger partial charge on any atom is -0.457 e. The summed E-state index contributed by atoms with van der Waals surface area (Å²) in [5.41, 5.74) is 2.14. The topological polar surface area (TPSA) is 123 Å². The van der Waals surface area contributed by atoms with Crippen LogP contribution < -0.4 is 10.2 Å². The molecule has 1 fully saturated rings. The van der Waals surface area contributed by atoms with Crippen molar-refractivity contribution in [2.24, 2.45) is 0 Å². The fraction of sp³-hybridized carbons (Fsp3) is 0.0870. The van der Waals surface area contributed by atoms with E-state index in [9.17, 15) is 24.5 Å². The zero-order valence-electron chi connectivity index (χ0n) is 17.4. The van der Waals surface area contributed by atoms with Gasteiger partial charge in [-0.05, 0) is 61.4 Å². The van der Waals surface area contributed by atoms with E-state index < -0.39 is 22.8 Å². The van der Waals surface area contributed by atoms with Crippen LogP contribution in [0.15, 0.2) is 58.5 Å². The maximum atomic E-state index is 13.0. The number of hydrogen-bond acceptors (Lipinski definition) is 6. The second kappa shape index (κ2) is 8.36. The number of amides is 4. The van der Waals surface area contributed by atoms with Gasteiger partial charge in [-0.15, -0.1) is 0 Å². The van der Waals surface area contributed by atoms with Gasteiger partial charge in [0, 0.05) is 17.7 Å². The average Bonchev–Trinajstić information content (AvgIpc) is 3.21. The molecule has 0 atom stereocenters. The molecule has 0 unspecified atom stereocenters. The number of barbiturate groups is 1. The van der Waals surface area contributed by atoms with Crippen LogP contribution in [0.4, 0.5) is 16.2 Å². The number of urea groups is 1. The zero-order chi connectivity index (χ0) is 23.9. The van der Waals surface area contributed by atoms with E-state index in [0.29, 0.717) is 11.3 Å². The standard InChI is InChI=1S/C23H16ClN3O6/c1-12-3-4-14(9-13(12)2)26-22(29)18(21(28)25-23(26)30)11-16-6-8-20(33-16)17-7-5-15(27(31)32)10-19(17)24/h3-11H,1-2H3,(H,25,28,30)/b18-11+. The minimum absolute atomic E-state index is 0.107. The number of benzene rings is 2. The molecule has 1 aliphatic rings. The summed E-state index contributed by atoms with van der Waals surface area (Å²) in [6, 6.07) is 11.2. The number of imide groups is 2.